The normalized spacial score (nSPS) is 12.8. The molecule has 17 heavy (non-hydrogen) atoms. The summed E-state index contributed by atoms with van der Waals surface area (Å²) in [5.74, 6) is 1.53. The first-order valence-electron chi connectivity index (χ1n) is 6.57. The second-order valence-electron chi connectivity index (χ2n) is 5.04. The molecule has 0 fully saturated rings. The van der Waals surface area contributed by atoms with Gasteiger partial charge in [0.15, 0.2) is 0 Å². The minimum absolute atomic E-state index is 0.571. The van der Waals surface area contributed by atoms with Gasteiger partial charge < -0.3 is 10.1 Å². The highest BCUT2D eigenvalue weighted by atomic mass is 16.5. The van der Waals surface area contributed by atoms with Crippen LogP contribution in [0.25, 0.3) is 0 Å². The molecule has 1 aromatic carbocycles. The Labute approximate surface area is 105 Å². The zero-order valence-electron chi connectivity index (χ0n) is 11.5. The summed E-state index contributed by atoms with van der Waals surface area (Å²) < 4.78 is 5.65. The summed E-state index contributed by atoms with van der Waals surface area (Å²) in [4.78, 5) is 0. The van der Waals surface area contributed by atoms with E-state index in [1.807, 2.05) is 0 Å². The van der Waals surface area contributed by atoms with Gasteiger partial charge in [0.05, 0.1) is 6.61 Å². The Kier molecular flexibility index (Phi) is 6.06. The smallest absolute Gasteiger partial charge is 0.119 e. The van der Waals surface area contributed by atoms with Crippen molar-refractivity contribution >= 4 is 0 Å². The molecule has 0 aliphatic carbocycles. The molecule has 1 rings (SSSR count). The van der Waals surface area contributed by atoms with E-state index >= 15 is 0 Å². The standard InChI is InChI=1S/C15H25NO/c1-5-13(4)16-10-14-6-8-15(9-7-14)17-11-12(2)3/h6-9,12-13,16H,5,10-11H2,1-4H3/t13-/m0/s1. The minimum atomic E-state index is 0.571. The molecule has 0 aromatic heterocycles. The number of nitrogens with one attached hydrogen (secondary N) is 1. The molecule has 1 N–H and O–H groups in total. The quantitative estimate of drug-likeness (QED) is 0.779. The van der Waals surface area contributed by atoms with Gasteiger partial charge in [0, 0.05) is 12.6 Å². The average Bonchev–Trinajstić information content (AvgIpc) is 2.34. The molecule has 0 saturated heterocycles. The third kappa shape index (κ3) is 5.73. The van der Waals surface area contributed by atoms with Crippen LogP contribution in [0.15, 0.2) is 24.3 Å². The molecule has 0 amide bonds. The first-order valence-corrected chi connectivity index (χ1v) is 6.57. The van der Waals surface area contributed by atoms with Gasteiger partial charge in [-0.3, -0.25) is 0 Å². The van der Waals surface area contributed by atoms with Crippen LogP contribution in [0.4, 0.5) is 0 Å². The van der Waals surface area contributed by atoms with Crippen LogP contribution in [0, 0.1) is 5.92 Å². The van der Waals surface area contributed by atoms with Crippen LogP contribution in [-0.4, -0.2) is 12.6 Å². The van der Waals surface area contributed by atoms with Gasteiger partial charge in [-0.1, -0.05) is 32.9 Å². The molecule has 2 heteroatoms. The molecule has 0 unspecified atom stereocenters. The summed E-state index contributed by atoms with van der Waals surface area (Å²) >= 11 is 0. The number of hydrogen-bond donors (Lipinski definition) is 1. The lowest BCUT2D eigenvalue weighted by Crippen LogP contribution is -2.24. The molecule has 96 valence electrons. The fraction of sp³-hybridized carbons (Fsp3) is 0.600. The van der Waals surface area contributed by atoms with E-state index in [2.05, 4.69) is 57.3 Å². The van der Waals surface area contributed by atoms with Crippen LogP contribution >= 0.6 is 0 Å². The summed E-state index contributed by atoms with van der Waals surface area (Å²) in [6, 6.07) is 8.94. The van der Waals surface area contributed by atoms with Crippen LogP contribution in [0.5, 0.6) is 5.75 Å². The van der Waals surface area contributed by atoms with E-state index in [1.54, 1.807) is 0 Å². The number of rotatable bonds is 7. The fourth-order valence-corrected chi connectivity index (χ4v) is 1.40. The minimum Gasteiger partial charge on any atom is -0.493 e. The third-order valence-electron chi connectivity index (χ3n) is 2.77. The maximum absolute atomic E-state index is 5.65. The molecule has 0 radical (unpaired) electrons. The predicted octanol–water partition coefficient (Wildman–Crippen LogP) is 3.61. The highest BCUT2D eigenvalue weighted by Crippen LogP contribution is 2.13. The van der Waals surface area contributed by atoms with Gasteiger partial charge >= 0.3 is 0 Å². The van der Waals surface area contributed by atoms with Gasteiger partial charge in [0.2, 0.25) is 0 Å². The molecule has 0 aliphatic heterocycles. The Hall–Kier alpha value is -1.02. The van der Waals surface area contributed by atoms with Crippen LogP contribution in [0.1, 0.15) is 39.7 Å². The molecule has 0 aliphatic rings. The molecule has 0 spiro atoms. The topological polar surface area (TPSA) is 21.3 Å². The summed E-state index contributed by atoms with van der Waals surface area (Å²) in [5.41, 5.74) is 1.31. The summed E-state index contributed by atoms with van der Waals surface area (Å²) in [6.45, 7) is 10.4. The molecule has 1 aromatic rings. The highest BCUT2D eigenvalue weighted by Gasteiger charge is 2.00. The van der Waals surface area contributed by atoms with Crippen molar-refractivity contribution in [1.82, 2.24) is 5.32 Å². The highest BCUT2D eigenvalue weighted by molar-refractivity contribution is 5.27. The Morgan fingerprint density at radius 3 is 2.29 bits per heavy atom. The van der Waals surface area contributed by atoms with E-state index in [4.69, 9.17) is 4.74 Å². The van der Waals surface area contributed by atoms with E-state index in [1.165, 1.54) is 5.56 Å². The largest absolute Gasteiger partial charge is 0.493 e. The molecule has 0 heterocycles. The zero-order valence-corrected chi connectivity index (χ0v) is 11.5. The third-order valence-corrected chi connectivity index (χ3v) is 2.77. The van der Waals surface area contributed by atoms with Crippen molar-refractivity contribution in [3.63, 3.8) is 0 Å². The maximum atomic E-state index is 5.65. The van der Waals surface area contributed by atoms with Crippen molar-refractivity contribution < 1.29 is 4.74 Å². The fourth-order valence-electron chi connectivity index (χ4n) is 1.40. The Bertz CT molecular complexity index is 305. The van der Waals surface area contributed by atoms with Crippen LogP contribution in [0.3, 0.4) is 0 Å². The molecular formula is C15H25NO. The molecule has 2 nitrogen and oxygen atoms in total. The lowest BCUT2D eigenvalue weighted by molar-refractivity contribution is 0.271. The van der Waals surface area contributed by atoms with E-state index in [0.29, 0.717) is 12.0 Å². The van der Waals surface area contributed by atoms with Gasteiger partial charge in [-0.15, -0.1) is 0 Å². The van der Waals surface area contributed by atoms with Gasteiger partial charge in [0.25, 0.3) is 0 Å². The van der Waals surface area contributed by atoms with E-state index in [9.17, 15) is 0 Å². The Morgan fingerprint density at radius 2 is 1.76 bits per heavy atom. The monoisotopic (exact) mass is 235 g/mol. The Balaban J connectivity index is 2.39. The lowest BCUT2D eigenvalue weighted by atomic mass is 10.2. The van der Waals surface area contributed by atoms with Crippen molar-refractivity contribution in [2.75, 3.05) is 6.61 Å². The summed E-state index contributed by atoms with van der Waals surface area (Å²) in [7, 11) is 0. The van der Waals surface area contributed by atoms with E-state index in [-0.39, 0.29) is 0 Å². The van der Waals surface area contributed by atoms with Crippen molar-refractivity contribution in [3.8, 4) is 5.75 Å². The predicted molar refractivity (Wildman–Crippen MR) is 73.4 cm³/mol. The zero-order chi connectivity index (χ0) is 12.7. The second-order valence-corrected chi connectivity index (χ2v) is 5.04. The van der Waals surface area contributed by atoms with E-state index < -0.39 is 0 Å². The van der Waals surface area contributed by atoms with Crippen LogP contribution in [0.2, 0.25) is 0 Å². The van der Waals surface area contributed by atoms with Crippen molar-refractivity contribution in [1.29, 1.82) is 0 Å². The lowest BCUT2D eigenvalue weighted by Gasteiger charge is -2.12. The van der Waals surface area contributed by atoms with Gasteiger partial charge in [0.1, 0.15) is 5.75 Å². The number of hydrogen-bond acceptors (Lipinski definition) is 2. The second kappa shape index (κ2) is 7.33. The summed E-state index contributed by atoms with van der Waals surface area (Å²) in [6.07, 6.45) is 1.16. The van der Waals surface area contributed by atoms with Gasteiger partial charge in [-0.05, 0) is 37.0 Å². The van der Waals surface area contributed by atoms with E-state index in [0.717, 1.165) is 25.3 Å². The summed E-state index contributed by atoms with van der Waals surface area (Å²) in [5, 5.41) is 3.48. The molecule has 0 bridgehead atoms. The first-order chi connectivity index (χ1) is 8.11. The van der Waals surface area contributed by atoms with Crippen molar-refractivity contribution in [3.05, 3.63) is 29.8 Å². The maximum Gasteiger partial charge on any atom is 0.119 e. The molecule has 0 saturated carbocycles. The Morgan fingerprint density at radius 1 is 1.12 bits per heavy atom. The van der Waals surface area contributed by atoms with Crippen molar-refractivity contribution in [2.24, 2.45) is 5.92 Å². The van der Waals surface area contributed by atoms with Crippen LogP contribution in [-0.2, 0) is 6.54 Å². The van der Waals surface area contributed by atoms with Crippen molar-refractivity contribution in [2.45, 2.75) is 46.7 Å². The first kappa shape index (κ1) is 14.0. The van der Waals surface area contributed by atoms with Crippen LogP contribution < -0.4 is 10.1 Å². The number of benzene rings is 1. The average molecular weight is 235 g/mol. The molecule has 1 atom stereocenters. The number of ether oxygens (including phenoxy) is 1. The van der Waals surface area contributed by atoms with Gasteiger partial charge in [-0.2, -0.15) is 0 Å². The SMILES string of the molecule is CC[C@H](C)NCc1ccc(OCC(C)C)cc1. The van der Waals surface area contributed by atoms with Gasteiger partial charge in [-0.25, -0.2) is 0 Å². The molecular weight excluding hydrogens is 210 g/mol.